The van der Waals surface area contributed by atoms with E-state index in [9.17, 15) is 0 Å². The van der Waals surface area contributed by atoms with E-state index in [1.807, 2.05) is 11.7 Å². The maximum Gasteiger partial charge on any atom is 0.0638 e. The molecule has 3 nitrogen and oxygen atoms in total. The van der Waals surface area contributed by atoms with Crippen LogP contribution in [0.25, 0.3) is 0 Å². The van der Waals surface area contributed by atoms with Gasteiger partial charge in [0.05, 0.1) is 5.69 Å². The molecule has 1 saturated carbocycles. The van der Waals surface area contributed by atoms with Crippen molar-refractivity contribution < 1.29 is 0 Å². The average Bonchev–Trinajstić information content (AvgIpc) is 2.75. The molecule has 3 heteroatoms. The largest absolute Gasteiger partial charge is 0.312 e. The van der Waals surface area contributed by atoms with Crippen molar-refractivity contribution in [1.82, 2.24) is 15.1 Å². The molecule has 0 radical (unpaired) electrons. The predicted octanol–water partition coefficient (Wildman–Crippen LogP) is 2.40. The van der Waals surface area contributed by atoms with Crippen LogP contribution < -0.4 is 5.32 Å². The Bertz CT molecular complexity index is 348. The van der Waals surface area contributed by atoms with Gasteiger partial charge in [0.2, 0.25) is 0 Å². The van der Waals surface area contributed by atoms with Gasteiger partial charge in [-0.15, -0.1) is 0 Å². The van der Waals surface area contributed by atoms with E-state index >= 15 is 0 Å². The molecule has 1 aliphatic carbocycles. The Kier molecular flexibility index (Phi) is 3.33. The van der Waals surface area contributed by atoms with E-state index in [1.54, 1.807) is 0 Å². The van der Waals surface area contributed by atoms with Gasteiger partial charge < -0.3 is 5.32 Å². The van der Waals surface area contributed by atoms with Crippen molar-refractivity contribution in [2.45, 2.75) is 46.1 Å². The maximum atomic E-state index is 4.36. The lowest BCUT2D eigenvalue weighted by Gasteiger charge is -2.23. The van der Waals surface area contributed by atoms with Gasteiger partial charge in [-0.05, 0) is 25.2 Å². The number of aryl methyl sites for hydroxylation is 2. The number of nitrogens with zero attached hydrogens (tertiary/aromatic N) is 2. The molecular formula is C13H23N3. The van der Waals surface area contributed by atoms with Gasteiger partial charge in [-0.3, -0.25) is 4.68 Å². The van der Waals surface area contributed by atoms with Crippen molar-refractivity contribution in [2.24, 2.45) is 12.5 Å². The minimum Gasteiger partial charge on any atom is -0.312 e. The minimum atomic E-state index is 0.538. The Morgan fingerprint density at radius 3 is 2.69 bits per heavy atom. The molecule has 1 aromatic rings. The zero-order valence-electron chi connectivity index (χ0n) is 10.7. The molecule has 0 unspecified atom stereocenters. The molecule has 1 heterocycles. The van der Waals surface area contributed by atoms with E-state index < -0.39 is 0 Å². The van der Waals surface area contributed by atoms with Gasteiger partial charge in [0.15, 0.2) is 0 Å². The highest BCUT2D eigenvalue weighted by Crippen LogP contribution is 2.36. The van der Waals surface area contributed by atoms with Gasteiger partial charge in [0, 0.05) is 31.9 Å². The first kappa shape index (κ1) is 11.6. The summed E-state index contributed by atoms with van der Waals surface area (Å²) in [6, 6.07) is 0. The molecule has 90 valence electrons. The van der Waals surface area contributed by atoms with E-state index in [0.29, 0.717) is 5.41 Å². The Balaban J connectivity index is 1.81. The third kappa shape index (κ3) is 2.64. The molecule has 0 atom stereocenters. The quantitative estimate of drug-likeness (QED) is 0.846. The van der Waals surface area contributed by atoms with Crippen LogP contribution in [-0.2, 0) is 13.6 Å². The fourth-order valence-electron chi connectivity index (χ4n) is 2.73. The smallest absolute Gasteiger partial charge is 0.0638 e. The first-order chi connectivity index (χ1) is 7.59. The Morgan fingerprint density at radius 1 is 1.44 bits per heavy atom. The minimum absolute atomic E-state index is 0.538. The highest BCUT2D eigenvalue weighted by molar-refractivity contribution is 5.14. The zero-order valence-corrected chi connectivity index (χ0v) is 10.7. The van der Waals surface area contributed by atoms with Crippen LogP contribution in [0, 0.1) is 12.3 Å². The van der Waals surface area contributed by atoms with E-state index in [4.69, 9.17) is 0 Å². The van der Waals surface area contributed by atoms with Crippen molar-refractivity contribution in [3.8, 4) is 0 Å². The van der Waals surface area contributed by atoms with Crippen molar-refractivity contribution >= 4 is 0 Å². The number of nitrogens with one attached hydrogen (secondary N) is 1. The molecule has 1 N–H and O–H groups in total. The topological polar surface area (TPSA) is 29.9 Å². The van der Waals surface area contributed by atoms with Crippen molar-refractivity contribution in [1.29, 1.82) is 0 Å². The highest BCUT2D eigenvalue weighted by Gasteiger charge is 2.27. The Hall–Kier alpha value is -0.830. The van der Waals surface area contributed by atoms with Gasteiger partial charge in [-0.1, -0.05) is 19.8 Å². The maximum absolute atomic E-state index is 4.36. The summed E-state index contributed by atoms with van der Waals surface area (Å²) in [4.78, 5) is 0. The van der Waals surface area contributed by atoms with E-state index in [1.165, 1.54) is 31.2 Å². The van der Waals surface area contributed by atoms with Gasteiger partial charge in [-0.2, -0.15) is 5.10 Å². The van der Waals surface area contributed by atoms with Gasteiger partial charge >= 0.3 is 0 Å². The van der Waals surface area contributed by atoms with Crippen molar-refractivity contribution in [2.75, 3.05) is 6.54 Å². The lowest BCUT2D eigenvalue weighted by Crippen LogP contribution is -2.29. The molecule has 0 amide bonds. The number of rotatable bonds is 4. The van der Waals surface area contributed by atoms with Crippen LogP contribution in [0.4, 0.5) is 0 Å². The molecule has 0 bridgehead atoms. The normalized spacial score (nSPS) is 19.2. The second-order valence-corrected chi connectivity index (χ2v) is 5.53. The average molecular weight is 221 g/mol. The first-order valence-corrected chi connectivity index (χ1v) is 6.29. The number of hydrogen-bond acceptors (Lipinski definition) is 2. The second-order valence-electron chi connectivity index (χ2n) is 5.53. The van der Waals surface area contributed by atoms with Crippen LogP contribution in [0.15, 0.2) is 6.20 Å². The SMILES string of the molecule is Cc1nn(C)cc1CNCC1(C)CCCC1. The molecular weight excluding hydrogens is 198 g/mol. The lowest BCUT2D eigenvalue weighted by atomic mass is 9.89. The third-order valence-electron chi connectivity index (χ3n) is 3.79. The summed E-state index contributed by atoms with van der Waals surface area (Å²) in [7, 11) is 1.98. The van der Waals surface area contributed by atoms with Gasteiger partial charge in [-0.25, -0.2) is 0 Å². The molecule has 0 aliphatic heterocycles. The van der Waals surface area contributed by atoms with Crippen LogP contribution in [-0.4, -0.2) is 16.3 Å². The molecule has 1 aliphatic rings. The van der Waals surface area contributed by atoms with Gasteiger partial charge in [0.25, 0.3) is 0 Å². The van der Waals surface area contributed by atoms with Crippen molar-refractivity contribution in [3.05, 3.63) is 17.5 Å². The molecule has 1 fully saturated rings. The summed E-state index contributed by atoms with van der Waals surface area (Å²) in [6.07, 6.45) is 7.69. The van der Waals surface area contributed by atoms with Crippen molar-refractivity contribution in [3.63, 3.8) is 0 Å². The predicted molar refractivity (Wildman–Crippen MR) is 66.2 cm³/mol. The second kappa shape index (κ2) is 4.58. The van der Waals surface area contributed by atoms with Crippen LogP contribution in [0.1, 0.15) is 43.9 Å². The Morgan fingerprint density at radius 2 is 2.12 bits per heavy atom. The Labute approximate surface area is 98.2 Å². The standard InChI is InChI=1S/C13H23N3/c1-11-12(9-16(3)15-11)8-14-10-13(2)6-4-5-7-13/h9,14H,4-8,10H2,1-3H3. The van der Waals surface area contributed by atoms with Gasteiger partial charge in [0.1, 0.15) is 0 Å². The molecule has 0 aromatic carbocycles. The summed E-state index contributed by atoms with van der Waals surface area (Å²) in [5.41, 5.74) is 3.01. The van der Waals surface area contributed by atoms with Crippen LogP contribution >= 0.6 is 0 Å². The molecule has 2 rings (SSSR count). The zero-order chi connectivity index (χ0) is 11.6. The van der Waals surface area contributed by atoms with E-state index in [2.05, 4.69) is 30.5 Å². The molecule has 1 aromatic heterocycles. The monoisotopic (exact) mass is 221 g/mol. The molecule has 0 spiro atoms. The summed E-state index contributed by atoms with van der Waals surface area (Å²) >= 11 is 0. The summed E-state index contributed by atoms with van der Waals surface area (Å²) in [6.45, 7) is 6.58. The summed E-state index contributed by atoms with van der Waals surface area (Å²) < 4.78 is 1.89. The van der Waals surface area contributed by atoms with Crippen LogP contribution in [0.2, 0.25) is 0 Å². The fraction of sp³-hybridized carbons (Fsp3) is 0.769. The van der Waals surface area contributed by atoms with Crippen LogP contribution in [0.5, 0.6) is 0 Å². The number of hydrogen-bond donors (Lipinski definition) is 1. The first-order valence-electron chi connectivity index (χ1n) is 6.29. The third-order valence-corrected chi connectivity index (χ3v) is 3.79. The lowest BCUT2D eigenvalue weighted by molar-refractivity contribution is 0.314. The fourth-order valence-corrected chi connectivity index (χ4v) is 2.73. The van der Waals surface area contributed by atoms with Crippen LogP contribution in [0.3, 0.4) is 0 Å². The highest BCUT2D eigenvalue weighted by atomic mass is 15.2. The van der Waals surface area contributed by atoms with E-state index in [0.717, 1.165) is 18.8 Å². The number of aromatic nitrogens is 2. The summed E-state index contributed by atoms with van der Waals surface area (Å²) in [5, 5.41) is 7.94. The molecule has 0 saturated heterocycles. The summed E-state index contributed by atoms with van der Waals surface area (Å²) in [5.74, 6) is 0. The van der Waals surface area contributed by atoms with E-state index in [-0.39, 0.29) is 0 Å². The molecule has 16 heavy (non-hydrogen) atoms.